The number of rotatable bonds is 6. The van der Waals surface area contributed by atoms with E-state index in [1.165, 1.54) is 4.90 Å². The average molecular weight is 438 g/mol. The second-order valence-electron chi connectivity index (χ2n) is 8.99. The van der Waals surface area contributed by atoms with Gasteiger partial charge in [-0.25, -0.2) is 4.79 Å². The van der Waals surface area contributed by atoms with Gasteiger partial charge >= 0.3 is 5.97 Å². The topological polar surface area (TPSA) is 145 Å². The van der Waals surface area contributed by atoms with Gasteiger partial charge in [-0.15, -0.1) is 11.8 Å². The average Bonchev–Trinajstić information content (AvgIpc) is 2.86. The number of amides is 1. The molecule has 1 saturated carbocycles. The second-order valence-corrected chi connectivity index (χ2v) is 10.3. The van der Waals surface area contributed by atoms with Crippen LogP contribution in [-0.2, 0) is 9.59 Å². The number of carboxylic acids is 1. The number of likely N-dealkylation sites (tertiary alicyclic amines) is 1. The van der Waals surface area contributed by atoms with Crippen molar-refractivity contribution < 1.29 is 19.8 Å². The minimum Gasteiger partial charge on any atom is -0.477 e. The van der Waals surface area contributed by atoms with Gasteiger partial charge in [-0.3, -0.25) is 14.7 Å². The second kappa shape index (κ2) is 8.05. The van der Waals surface area contributed by atoms with Crippen LogP contribution in [0.15, 0.2) is 15.6 Å². The monoisotopic (exact) mass is 437 g/mol. The third kappa shape index (κ3) is 3.58. The van der Waals surface area contributed by atoms with E-state index in [2.05, 4.69) is 9.89 Å². The molecule has 0 aromatic heterocycles. The first-order chi connectivity index (χ1) is 14.2. The van der Waals surface area contributed by atoms with Crippen molar-refractivity contribution in [3.8, 4) is 0 Å². The van der Waals surface area contributed by atoms with E-state index in [9.17, 15) is 19.8 Å². The SMILES string of the molecule is C[C@@H](O)[C@H]1C(=O)N2C(C(=O)O)=C(SC3CN([C@@H]4CCC[C@@H](N=C(N)N)C4)C3)[C@H](C)[C@H]12. The Hall–Kier alpha value is -1.78. The molecule has 166 valence electrons. The summed E-state index contributed by atoms with van der Waals surface area (Å²) in [6, 6.07) is 0.392. The zero-order valence-corrected chi connectivity index (χ0v) is 18.2. The molecule has 6 N–H and O–H groups in total. The van der Waals surface area contributed by atoms with E-state index in [1.54, 1.807) is 18.7 Å². The molecule has 3 aliphatic heterocycles. The lowest BCUT2D eigenvalue weighted by Gasteiger charge is -2.47. The minimum absolute atomic E-state index is 0.0756. The Bertz CT molecular complexity index is 790. The zero-order chi connectivity index (χ0) is 21.7. The van der Waals surface area contributed by atoms with Crippen molar-refractivity contribution in [3.63, 3.8) is 0 Å². The standard InChI is InChI=1S/C20H31N5O4S/c1-9-15-14(10(2)26)18(27)25(15)16(19(28)29)17(9)30-13-7-24(8-13)12-5-3-4-11(6-12)23-20(21)22/h9-15,26H,3-8H2,1-2H3,(H,28,29)(H4,21,22,23)/t9-,10-,11-,12-,14-,15-/m1/s1. The number of carbonyl (C=O) groups excluding carboxylic acids is 1. The van der Waals surface area contributed by atoms with Gasteiger partial charge in [0.1, 0.15) is 5.70 Å². The lowest BCUT2D eigenvalue weighted by Crippen LogP contribution is -2.63. The molecule has 30 heavy (non-hydrogen) atoms. The van der Waals surface area contributed by atoms with E-state index in [0.29, 0.717) is 11.3 Å². The lowest BCUT2D eigenvalue weighted by molar-refractivity contribution is -0.163. The molecule has 4 rings (SSSR count). The van der Waals surface area contributed by atoms with E-state index in [0.717, 1.165) is 43.7 Å². The lowest BCUT2D eigenvalue weighted by atomic mass is 9.79. The molecule has 3 heterocycles. The number of aliphatic carboxylic acids is 1. The molecular formula is C20H31N5O4S. The number of hydrogen-bond acceptors (Lipinski definition) is 6. The van der Waals surface area contributed by atoms with Crippen LogP contribution in [0.1, 0.15) is 39.5 Å². The summed E-state index contributed by atoms with van der Waals surface area (Å²) in [5.74, 6) is -1.78. The fourth-order valence-electron chi connectivity index (χ4n) is 5.50. The van der Waals surface area contributed by atoms with Crippen LogP contribution in [0.25, 0.3) is 0 Å². The largest absolute Gasteiger partial charge is 0.477 e. The van der Waals surface area contributed by atoms with Gasteiger partial charge < -0.3 is 26.6 Å². The highest BCUT2D eigenvalue weighted by molar-refractivity contribution is 8.03. The predicted molar refractivity (Wildman–Crippen MR) is 114 cm³/mol. The minimum atomic E-state index is -1.06. The third-order valence-corrected chi connectivity index (χ3v) is 8.40. The van der Waals surface area contributed by atoms with Crippen molar-refractivity contribution in [2.24, 2.45) is 28.3 Å². The number of nitrogens with two attached hydrogens (primary N) is 2. The number of carboxylic acid groups (broad SMARTS) is 1. The Morgan fingerprint density at radius 3 is 2.60 bits per heavy atom. The van der Waals surface area contributed by atoms with Gasteiger partial charge in [0.05, 0.1) is 24.1 Å². The van der Waals surface area contributed by atoms with Crippen LogP contribution >= 0.6 is 11.8 Å². The number of aliphatic hydroxyl groups excluding tert-OH is 1. The Balaban J connectivity index is 1.39. The molecule has 0 spiro atoms. The van der Waals surface area contributed by atoms with Crippen LogP contribution in [0.2, 0.25) is 0 Å². The van der Waals surface area contributed by atoms with Gasteiger partial charge in [-0.05, 0) is 32.6 Å². The van der Waals surface area contributed by atoms with Crippen molar-refractivity contribution in [1.82, 2.24) is 9.80 Å². The molecule has 1 aliphatic carbocycles. The maximum absolute atomic E-state index is 12.4. The predicted octanol–water partition coefficient (Wildman–Crippen LogP) is 0.142. The first-order valence-corrected chi connectivity index (χ1v) is 11.5. The maximum atomic E-state index is 12.4. The molecule has 0 radical (unpaired) electrons. The normalized spacial score (nSPS) is 35.5. The van der Waals surface area contributed by atoms with Crippen molar-refractivity contribution in [3.05, 3.63) is 10.6 Å². The van der Waals surface area contributed by atoms with E-state index in [-0.39, 0.29) is 35.6 Å². The number of aliphatic imine (C=N–C) groups is 1. The van der Waals surface area contributed by atoms with Gasteiger partial charge in [0.15, 0.2) is 5.96 Å². The van der Waals surface area contributed by atoms with E-state index >= 15 is 0 Å². The molecule has 0 aromatic carbocycles. The molecule has 6 atom stereocenters. The maximum Gasteiger partial charge on any atom is 0.353 e. The first-order valence-electron chi connectivity index (χ1n) is 10.7. The highest BCUT2D eigenvalue weighted by Crippen LogP contribution is 2.52. The summed E-state index contributed by atoms with van der Waals surface area (Å²) in [5.41, 5.74) is 11.2. The third-order valence-electron chi connectivity index (χ3n) is 6.95. The number of thioether (sulfide) groups is 1. The molecule has 1 amide bonds. The van der Waals surface area contributed by atoms with Crippen LogP contribution < -0.4 is 11.5 Å². The van der Waals surface area contributed by atoms with Crippen molar-refractivity contribution >= 4 is 29.6 Å². The molecule has 2 saturated heterocycles. The van der Waals surface area contributed by atoms with Crippen LogP contribution in [-0.4, -0.2) is 80.4 Å². The summed E-state index contributed by atoms with van der Waals surface area (Å²) in [7, 11) is 0. The zero-order valence-electron chi connectivity index (χ0n) is 17.4. The summed E-state index contributed by atoms with van der Waals surface area (Å²) in [4.78, 5) is 33.3. The molecule has 9 nitrogen and oxygen atoms in total. The van der Waals surface area contributed by atoms with E-state index in [4.69, 9.17) is 11.5 Å². The van der Waals surface area contributed by atoms with E-state index in [1.807, 2.05) is 6.92 Å². The van der Waals surface area contributed by atoms with Crippen LogP contribution in [0.3, 0.4) is 0 Å². The van der Waals surface area contributed by atoms with Crippen molar-refractivity contribution in [1.29, 1.82) is 0 Å². The molecule has 0 bridgehead atoms. The van der Waals surface area contributed by atoms with Gasteiger partial charge in [0.25, 0.3) is 0 Å². The van der Waals surface area contributed by atoms with Crippen LogP contribution in [0, 0.1) is 11.8 Å². The number of aliphatic hydroxyl groups is 1. The quantitative estimate of drug-likeness (QED) is 0.261. The van der Waals surface area contributed by atoms with Crippen molar-refractivity contribution in [2.75, 3.05) is 13.1 Å². The fourth-order valence-corrected chi connectivity index (χ4v) is 7.04. The fraction of sp³-hybridized carbons (Fsp3) is 0.750. The van der Waals surface area contributed by atoms with Crippen LogP contribution in [0.5, 0.6) is 0 Å². The van der Waals surface area contributed by atoms with Gasteiger partial charge in [-0.1, -0.05) is 6.92 Å². The number of carbonyl (C=O) groups is 2. The number of guanidine groups is 1. The summed E-state index contributed by atoms with van der Waals surface area (Å²) < 4.78 is 0. The molecule has 4 aliphatic rings. The Kier molecular flexibility index (Phi) is 5.75. The molecular weight excluding hydrogens is 406 g/mol. The summed E-state index contributed by atoms with van der Waals surface area (Å²) in [6.07, 6.45) is 3.43. The van der Waals surface area contributed by atoms with Gasteiger partial charge in [-0.2, -0.15) is 0 Å². The molecule has 10 heteroatoms. The summed E-state index contributed by atoms with van der Waals surface area (Å²) >= 11 is 1.60. The number of β-lactam (4-membered cyclic amide) rings is 1. The van der Waals surface area contributed by atoms with Crippen molar-refractivity contribution in [2.45, 2.75) is 69.0 Å². The Morgan fingerprint density at radius 1 is 1.30 bits per heavy atom. The molecule has 0 unspecified atom stereocenters. The summed E-state index contributed by atoms with van der Waals surface area (Å²) in [5, 5.41) is 20.0. The molecule has 0 aromatic rings. The Labute approximate surface area is 180 Å². The summed E-state index contributed by atoms with van der Waals surface area (Å²) in [6.45, 7) is 5.35. The number of fused-ring (bicyclic) bond motifs is 1. The molecule has 3 fully saturated rings. The van der Waals surface area contributed by atoms with Gasteiger partial charge in [0.2, 0.25) is 5.91 Å². The van der Waals surface area contributed by atoms with Crippen LogP contribution in [0.4, 0.5) is 0 Å². The van der Waals surface area contributed by atoms with Gasteiger partial charge in [0, 0.05) is 35.2 Å². The number of hydrogen-bond donors (Lipinski definition) is 4. The number of nitrogens with zero attached hydrogens (tertiary/aromatic N) is 3. The first kappa shape index (κ1) is 21.5. The van der Waals surface area contributed by atoms with E-state index < -0.39 is 18.0 Å². The highest BCUT2D eigenvalue weighted by Gasteiger charge is 2.60. The smallest absolute Gasteiger partial charge is 0.353 e. The Morgan fingerprint density at radius 2 is 2.00 bits per heavy atom. The highest BCUT2D eigenvalue weighted by atomic mass is 32.2.